The molecule has 0 aliphatic carbocycles. The summed E-state index contributed by atoms with van der Waals surface area (Å²) >= 11 is 1.39. The molecular formula is C16H19N3O3S. The summed E-state index contributed by atoms with van der Waals surface area (Å²) in [6.45, 7) is 1.15. The van der Waals surface area contributed by atoms with E-state index in [2.05, 4.69) is 10.3 Å². The van der Waals surface area contributed by atoms with Crippen LogP contribution in [0.15, 0.2) is 29.6 Å². The van der Waals surface area contributed by atoms with Crippen molar-refractivity contribution in [1.82, 2.24) is 9.88 Å². The molecule has 1 unspecified atom stereocenters. The minimum atomic E-state index is -0.140. The number of thiazole rings is 1. The Labute approximate surface area is 138 Å². The number of rotatable bonds is 4. The number of ether oxygens (including phenoxy) is 1. The van der Waals surface area contributed by atoms with Gasteiger partial charge in [-0.25, -0.2) is 9.78 Å². The second-order valence-corrected chi connectivity index (χ2v) is 6.31. The van der Waals surface area contributed by atoms with Crippen molar-refractivity contribution in [1.29, 1.82) is 0 Å². The van der Waals surface area contributed by atoms with Gasteiger partial charge in [0.2, 0.25) is 0 Å². The first-order valence-electron chi connectivity index (χ1n) is 7.47. The van der Waals surface area contributed by atoms with Gasteiger partial charge in [0.1, 0.15) is 5.75 Å². The number of nitrogens with one attached hydrogen (secondary N) is 1. The van der Waals surface area contributed by atoms with Gasteiger partial charge in [-0.15, -0.1) is 11.3 Å². The number of benzene rings is 1. The maximum atomic E-state index is 12.5. The zero-order valence-corrected chi connectivity index (χ0v) is 13.7. The zero-order chi connectivity index (χ0) is 16.2. The summed E-state index contributed by atoms with van der Waals surface area (Å²) in [5, 5.41) is 14.7. The molecule has 1 fully saturated rings. The Morgan fingerprint density at radius 3 is 3.00 bits per heavy atom. The van der Waals surface area contributed by atoms with Crippen LogP contribution in [0.3, 0.4) is 0 Å². The summed E-state index contributed by atoms with van der Waals surface area (Å²) in [7, 11) is 1.62. The van der Waals surface area contributed by atoms with E-state index in [0.717, 1.165) is 24.1 Å². The quantitative estimate of drug-likeness (QED) is 0.899. The molecule has 2 N–H and O–H groups in total. The third-order valence-electron chi connectivity index (χ3n) is 3.85. The van der Waals surface area contributed by atoms with Crippen molar-refractivity contribution in [2.75, 3.05) is 19.0 Å². The predicted octanol–water partition coefficient (Wildman–Crippen LogP) is 3.36. The molecule has 2 aromatic rings. The molecule has 1 aromatic heterocycles. The van der Waals surface area contributed by atoms with E-state index in [-0.39, 0.29) is 17.8 Å². The monoisotopic (exact) mass is 333 g/mol. The van der Waals surface area contributed by atoms with E-state index >= 15 is 0 Å². The molecule has 1 saturated heterocycles. The van der Waals surface area contributed by atoms with Crippen LogP contribution in [0.25, 0.3) is 0 Å². The summed E-state index contributed by atoms with van der Waals surface area (Å²) in [5.74, 6) is 0.233. The summed E-state index contributed by atoms with van der Waals surface area (Å²) in [5.41, 5.74) is 1.85. The van der Waals surface area contributed by atoms with Crippen LogP contribution in [0.1, 0.15) is 30.1 Å². The van der Waals surface area contributed by atoms with Gasteiger partial charge in [0.15, 0.2) is 5.13 Å². The number of aromatic hydroxyl groups is 1. The lowest BCUT2D eigenvalue weighted by molar-refractivity contribution is 0.182. The van der Waals surface area contributed by atoms with E-state index in [1.165, 1.54) is 11.3 Å². The Kier molecular flexibility index (Phi) is 4.78. The molecule has 122 valence electrons. The van der Waals surface area contributed by atoms with Crippen LogP contribution < -0.4 is 5.32 Å². The van der Waals surface area contributed by atoms with Gasteiger partial charge in [0.25, 0.3) is 0 Å². The van der Waals surface area contributed by atoms with Gasteiger partial charge in [0.05, 0.1) is 18.3 Å². The second-order valence-electron chi connectivity index (χ2n) is 5.45. The van der Waals surface area contributed by atoms with Crippen molar-refractivity contribution < 1.29 is 14.6 Å². The van der Waals surface area contributed by atoms with E-state index in [1.54, 1.807) is 19.2 Å². The first-order valence-corrected chi connectivity index (χ1v) is 8.35. The summed E-state index contributed by atoms with van der Waals surface area (Å²) in [4.78, 5) is 18.7. The smallest absolute Gasteiger partial charge is 0.324 e. The molecule has 1 aliphatic rings. The van der Waals surface area contributed by atoms with Gasteiger partial charge in [-0.2, -0.15) is 0 Å². The lowest BCUT2D eigenvalue weighted by Crippen LogP contribution is -2.34. The van der Waals surface area contributed by atoms with E-state index < -0.39 is 0 Å². The highest BCUT2D eigenvalue weighted by molar-refractivity contribution is 7.13. The zero-order valence-electron chi connectivity index (χ0n) is 12.9. The number of likely N-dealkylation sites (tertiary alicyclic amines) is 1. The number of anilines is 1. The minimum Gasteiger partial charge on any atom is -0.508 e. The number of urea groups is 1. The average molecular weight is 333 g/mol. The van der Waals surface area contributed by atoms with Crippen molar-refractivity contribution in [3.8, 4) is 5.75 Å². The molecule has 1 atom stereocenters. The summed E-state index contributed by atoms with van der Waals surface area (Å²) in [6, 6.07) is 6.94. The summed E-state index contributed by atoms with van der Waals surface area (Å²) in [6.07, 6.45) is 1.89. The van der Waals surface area contributed by atoms with Gasteiger partial charge in [0, 0.05) is 19.0 Å². The number of phenolic OH excluding ortho intramolecular Hbond substituents is 1. The lowest BCUT2D eigenvalue weighted by atomic mass is 10.0. The first-order chi connectivity index (χ1) is 11.2. The molecule has 1 aliphatic heterocycles. The number of carbonyl (C=O) groups excluding carboxylic acids is 1. The third kappa shape index (κ3) is 3.62. The van der Waals surface area contributed by atoms with Crippen LogP contribution in [0.5, 0.6) is 5.75 Å². The maximum Gasteiger partial charge on any atom is 0.324 e. The Balaban J connectivity index is 1.68. The number of methoxy groups -OCH3 is 1. The van der Waals surface area contributed by atoms with Crippen molar-refractivity contribution in [2.24, 2.45) is 0 Å². The minimum absolute atomic E-state index is 0.0361. The van der Waals surface area contributed by atoms with Crippen molar-refractivity contribution in [3.63, 3.8) is 0 Å². The number of hydrogen-bond donors (Lipinski definition) is 2. The van der Waals surface area contributed by atoms with Gasteiger partial charge in [-0.3, -0.25) is 5.32 Å². The normalized spacial score (nSPS) is 17.4. The SMILES string of the molecule is COCc1csc(NC(=O)N2CCCC2c2ccc(O)cc2)n1. The molecule has 3 rings (SSSR count). The Morgan fingerprint density at radius 1 is 1.48 bits per heavy atom. The second kappa shape index (κ2) is 6.97. The Morgan fingerprint density at radius 2 is 2.26 bits per heavy atom. The fourth-order valence-electron chi connectivity index (χ4n) is 2.79. The molecule has 0 bridgehead atoms. The van der Waals surface area contributed by atoms with E-state index in [9.17, 15) is 9.90 Å². The fourth-order valence-corrected chi connectivity index (χ4v) is 3.48. The summed E-state index contributed by atoms with van der Waals surface area (Å²) < 4.78 is 5.03. The molecule has 0 saturated carbocycles. The van der Waals surface area contributed by atoms with E-state index in [0.29, 0.717) is 18.3 Å². The first kappa shape index (κ1) is 15.8. The van der Waals surface area contributed by atoms with Crippen LogP contribution in [0, 0.1) is 0 Å². The highest BCUT2D eigenvalue weighted by atomic mass is 32.1. The van der Waals surface area contributed by atoms with Crippen LogP contribution in [0.4, 0.5) is 9.93 Å². The number of nitrogens with zero attached hydrogens (tertiary/aromatic N) is 2. The molecule has 0 spiro atoms. The van der Waals surface area contributed by atoms with Crippen LogP contribution in [0.2, 0.25) is 0 Å². The van der Waals surface area contributed by atoms with E-state index in [1.807, 2.05) is 22.4 Å². The van der Waals surface area contributed by atoms with Gasteiger partial charge >= 0.3 is 6.03 Å². The number of aromatic nitrogens is 1. The molecule has 2 heterocycles. The van der Waals surface area contributed by atoms with Crippen molar-refractivity contribution in [3.05, 3.63) is 40.9 Å². The molecule has 0 radical (unpaired) electrons. The number of amides is 2. The van der Waals surface area contributed by atoms with Gasteiger partial charge in [-0.05, 0) is 30.5 Å². The fraction of sp³-hybridized carbons (Fsp3) is 0.375. The molecule has 2 amide bonds. The number of carbonyl (C=O) groups is 1. The molecule has 23 heavy (non-hydrogen) atoms. The van der Waals surface area contributed by atoms with E-state index in [4.69, 9.17) is 4.74 Å². The van der Waals surface area contributed by atoms with Gasteiger partial charge < -0.3 is 14.7 Å². The van der Waals surface area contributed by atoms with Crippen molar-refractivity contribution in [2.45, 2.75) is 25.5 Å². The highest BCUT2D eigenvalue weighted by Crippen LogP contribution is 2.33. The largest absolute Gasteiger partial charge is 0.508 e. The molecule has 1 aromatic carbocycles. The van der Waals surface area contributed by atoms with Crippen molar-refractivity contribution >= 4 is 22.5 Å². The Hall–Kier alpha value is -2.12. The lowest BCUT2D eigenvalue weighted by Gasteiger charge is -2.24. The van der Waals surface area contributed by atoms with Crippen LogP contribution in [-0.4, -0.2) is 34.7 Å². The number of phenols is 1. The van der Waals surface area contributed by atoms with Crippen LogP contribution >= 0.6 is 11.3 Å². The third-order valence-corrected chi connectivity index (χ3v) is 4.66. The maximum absolute atomic E-state index is 12.5. The topological polar surface area (TPSA) is 74.7 Å². The number of hydrogen-bond acceptors (Lipinski definition) is 5. The highest BCUT2D eigenvalue weighted by Gasteiger charge is 2.30. The average Bonchev–Trinajstić information content (AvgIpc) is 3.18. The standard InChI is InChI=1S/C16H19N3O3S/c1-22-9-12-10-23-15(17-12)18-16(21)19-8-2-3-14(19)11-4-6-13(20)7-5-11/h4-7,10,14,20H,2-3,8-9H2,1H3,(H,17,18,21). The Bertz CT molecular complexity index is 671. The molecular weight excluding hydrogens is 314 g/mol. The predicted molar refractivity (Wildman–Crippen MR) is 88.6 cm³/mol. The molecule has 7 heteroatoms. The van der Waals surface area contributed by atoms with Gasteiger partial charge in [-0.1, -0.05) is 12.1 Å². The van der Waals surface area contributed by atoms with Crippen LogP contribution in [-0.2, 0) is 11.3 Å². The molecule has 6 nitrogen and oxygen atoms in total.